The maximum atomic E-state index is 13.1. The van der Waals surface area contributed by atoms with Crippen LogP contribution in [0.3, 0.4) is 0 Å². The Hall–Kier alpha value is -2.20. The number of benzene rings is 2. The van der Waals surface area contributed by atoms with Crippen molar-refractivity contribution in [1.82, 2.24) is 0 Å². The number of carbonyl (C=O) groups is 1. The van der Waals surface area contributed by atoms with Gasteiger partial charge in [0, 0.05) is 11.3 Å². The molecule has 0 radical (unpaired) electrons. The van der Waals surface area contributed by atoms with Gasteiger partial charge in [-0.2, -0.15) is 0 Å². The zero-order chi connectivity index (χ0) is 13.7. The molecule has 0 fully saturated rings. The molecule has 19 heavy (non-hydrogen) atoms. The number of hydrogen-bond acceptors (Lipinski definition) is 2. The molecule has 0 heterocycles. The lowest BCUT2D eigenvalue weighted by Gasteiger charge is -2.09. The Kier molecular flexibility index (Phi) is 4.26. The zero-order valence-electron chi connectivity index (χ0n) is 10.4. The molecule has 2 rings (SSSR count). The van der Waals surface area contributed by atoms with E-state index in [1.54, 1.807) is 24.3 Å². The summed E-state index contributed by atoms with van der Waals surface area (Å²) in [5.74, 6) is -0.636. The van der Waals surface area contributed by atoms with Crippen LogP contribution in [-0.2, 0) is 6.42 Å². The number of rotatable bonds is 4. The average Bonchev–Trinajstić information content (AvgIpc) is 2.39. The van der Waals surface area contributed by atoms with Gasteiger partial charge in [0.05, 0.1) is 0 Å². The van der Waals surface area contributed by atoms with E-state index in [0.717, 1.165) is 5.56 Å². The van der Waals surface area contributed by atoms with Crippen LogP contribution in [0.1, 0.15) is 15.9 Å². The Balaban J connectivity index is 2.20. The fourth-order valence-electron chi connectivity index (χ4n) is 1.88. The molecule has 0 aliphatic carbocycles. The van der Waals surface area contributed by atoms with Crippen molar-refractivity contribution in [3.05, 3.63) is 65.5 Å². The summed E-state index contributed by atoms with van der Waals surface area (Å²) < 4.78 is 13.1. The van der Waals surface area contributed by atoms with E-state index < -0.39 is 0 Å². The molecule has 0 bridgehead atoms. The van der Waals surface area contributed by atoms with Crippen molar-refractivity contribution in [2.45, 2.75) is 6.42 Å². The van der Waals surface area contributed by atoms with E-state index in [4.69, 9.17) is 5.73 Å². The van der Waals surface area contributed by atoms with E-state index in [9.17, 15) is 9.18 Å². The minimum Gasteiger partial charge on any atom is -0.330 e. The monoisotopic (exact) mass is 258 g/mol. The summed E-state index contributed by atoms with van der Waals surface area (Å²) in [6.07, 6.45) is 0.632. The summed E-state index contributed by atoms with van der Waals surface area (Å²) >= 11 is 0. The Labute approximate surface area is 111 Å². The van der Waals surface area contributed by atoms with Gasteiger partial charge in [-0.3, -0.25) is 4.79 Å². The summed E-state index contributed by atoms with van der Waals surface area (Å²) in [6, 6.07) is 13.1. The molecule has 0 unspecified atom stereocenters. The molecule has 3 nitrogen and oxygen atoms in total. The van der Waals surface area contributed by atoms with Crippen molar-refractivity contribution in [3.63, 3.8) is 0 Å². The lowest BCUT2D eigenvalue weighted by atomic mass is 10.0. The number of anilines is 1. The smallest absolute Gasteiger partial charge is 0.255 e. The second-order valence-electron chi connectivity index (χ2n) is 4.16. The number of carbonyl (C=O) groups excluding carboxylic acids is 1. The van der Waals surface area contributed by atoms with Crippen LogP contribution in [-0.4, -0.2) is 12.5 Å². The molecule has 0 aliphatic heterocycles. The minimum absolute atomic E-state index is 0.255. The molecule has 1 amide bonds. The SMILES string of the molecule is NCCc1ccccc1C(=O)Nc1cccc(F)c1. The highest BCUT2D eigenvalue weighted by Gasteiger charge is 2.10. The third kappa shape index (κ3) is 3.39. The standard InChI is InChI=1S/C15H15FN2O/c16-12-5-3-6-13(10-12)18-15(19)14-7-2-1-4-11(14)8-9-17/h1-7,10H,8-9,17H2,(H,18,19). The van der Waals surface area contributed by atoms with E-state index in [1.165, 1.54) is 12.1 Å². The van der Waals surface area contributed by atoms with E-state index in [0.29, 0.717) is 24.2 Å². The second-order valence-corrected chi connectivity index (χ2v) is 4.16. The summed E-state index contributed by atoms with van der Waals surface area (Å²) in [5.41, 5.74) is 7.41. The van der Waals surface area contributed by atoms with Gasteiger partial charge < -0.3 is 11.1 Å². The molecule has 4 heteroatoms. The fraction of sp³-hybridized carbons (Fsp3) is 0.133. The summed E-state index contributed by atoms with van der Waals surface area (Å²) in [6.45, 7) is 0.476. The summed E-state index contributed by atoms with van der Waals surface area (Å²) in [4.78, 5) is 12.1. The number of nitrogens with one attached hydrogen (secondary N) is 1. The molecular weight excluding hydrogens is 243 g/mol. The first-order chi connectivity index (χ1) is 9.20. The highest BCUT2D eigenvalue weighted by atomic mass is 19.1. The average molecular weight is 258 g/mol. The van der Waals surface area contributed by atoms with Crippen molar-refractivity contribution in [1.29, 1.82) is 0 Å². The highest BCUT2D eigenvalue weighted by Crippen LogP contribution is 2.14. The van der Waals surface area contributed by atoms with Crippen LogP contribution in [0.15, 0.2) is 48.5 Å². The van der Waals surface area contributed by atoms with E-state index >= 15 is 0 Å². The molecule has 0 saturated heterocycles. The molecule has 0 saturated carbocycles. The third-order valence-electron chi connectivity index (χ3n) is 2.76. The van der Waals surface area contributed by atoms with Crippen LogP contribution in [0, 0.1) is 5.82 Å². The predicted molar refractivity (Wildman–Crippen MR) is 73.6 cm³/mol. The van der Waals surface area contributed by atoms with Crippen LogP contribution < -0.4 is 11.1 Å². The Morgan fingerprint density at radius 2 is 1.95 bits per heavy atom. The van der Waals surface area contributed by atoms with Gasteiger partial charge in [0.25, 0.3) is 5.91 Å². The molecule has 0 aliphatic rings. The van der Waals surface area contributed by atoms with Gasteiger partial charge in [-0.05, 0) is 42.8 Å². The number of halogens is 1. The van der Waals surface area contributed by atoms with Gasteiger partial charge in [0.1, 0.15) is 5.82 Å². The van der Waals surface area contributed by atoms with Gasteiger partial charge in [-0.1, -0.05) is 24.3 Å². The van der Waals surface area contributed by atoms with Gasteiger partial charge in [-0.25, -0.2) is 4.39 Å². The molecule has 3 N–H and O–H groups in total. The van der Waals surface area contributed by atoms with Crippen molar-refractivity contribution < 1.29 is 9.18 Å². The first-order valence-electron chi connectivity index (χ1n) is 6.05. The van der Waals surface area contributed by atoms with Crippen molar-refractivity contribution in [3.8, 4) is 0 Å². The predicted octanol–water partition coefficient (Wildman–Crippen LogP) is 2.58. The second kappa shape index (κ2) is 6.11. The van der Waals surface area contributed by atoms with Crippen molar-refractivity contribution in [2.75, 3.05) is 11.9 Å². The largest absolute Gasteiger partial charge is 0.330 e. The minimum atomic E-state index is -0.381. The summed E-state index contributed by atoms with van der Waals surface area (Å²) in [5, 5.41) is 2.68. The van der Waals surface area contributed by atoms with Crippen LogP contribution >= 0.6 is 0 Å². The molecule has 2 aromatic rings. The molecule has 0 spiro atoms. The molecule has 0 aromatic heterocycles. The van der Waals surface area contributed by atoms with Crippen LogP contribution in [0.4, 0.5) is 10.1 Å². The van der Waals surface area contributed by atoms with Crippen LogP contribution in [0.5, 0.6) is 0 Å². The molecule has 2 aromatic carbocycles. The van der Waals surface area contributed by atoms with Crippen molar-refractivity contribution in [2.24, 2.45) is 5.73 Å². The molecule has 98 valence electrons. The Morgan fingerprint density at radius 3 is 2.68 bits per heavy atom. The number of hydrogen-bond donors (Lipinski definition) is 2. The lowest BCUT2D eigenvalue weighted by Crippen LogP contribution is -2.16. The van der Waals surface area contributed by atoms with Gasteiger partial charge in [0.15, 0.2) is 0 Å². The van der Waals surface area contributed by atoms with Crippen LogP contribution in [0.2, 0.25) is 0 Å². The molecule has 0 atom stereocenters. The van der Waals surface area contributed by atoms with E-state index in [2.05, 4.69) is 5.32 Å². The van der Waals surface area contributed by atoms with E-state index in [-0.39, 0.29) is 11.7 Å². The highest BCUT2D eigenvalue weighted by molar-refractivity contribution is 6.05. The zero-order valence-corrected chi connectivity index (χ0v) is 10.4. The Bertz CT molecular complexity index is 584. The van der Waals surface area contributed by atoms with Gasteiger partial charge in [0.2, 0.25) is 0 Å². The van der Waals surface area contributed by atoms with Gasteiger partial charge in [-0.15, -0.1) is 0 Å². The topological polar surface area (TPSA) is 55.1 Å². The fourth-order valence-corrected chi connectivity index (χ4v) is 1.88. The number of nitrogens with two attached hydrogens (primary N) is 1. The quantitative estimate of drug-likeness (QED) is 0.885. The Morgan fingerprint density at radius 1 is 1.16 bits per heavy atom. The lowest BCUT2D eigenvalue weighted by molar-refractivity contribution is 0.102. The first-order valence-corrected chi connectivity index (χ1v) is 6.05. The van der Waals surface area contributed by atoms with Gasteiger partial charge >= 0.3 is 0 Å². The summed E-state index contributed by atoms with van der Waals surface area (Å²) in [7, 11) is 0. The van der Waals surface area contributed by atoms with Crippen molar-refractivity contribution >= 4 is 11.6 Å². The normalized spacial score (nSPS) is 10.2. The first kappa shape index (κ1) is 13.2. The molecular formula is C15H15FN2O. The number of amides is 1. The van der Waals surface area contributed by atoms with Crippen LogP contribution in [0.25, 0.3) is 0 Å². The third-order valence-corrected chi connectivity index (χ3v) is 2.76. The maximum Gasteiger partial charge on any atom is 0.255 e. The van der Waals surface area contributed by atoms with E-state index in [1.807, 2.05) is 12.1 Å². The maximum absolute atomic E-state index is 13.1.